The van der Waals surface area contributed by atoms with E-state index in [9.17, 15) is 22.8 Å². The van der Waals surface area contributed by atoms with Crippen molar-refractivity contribution >= 4 is 27.6 Å². The van der Waals surface area contributed by atoms with Gasteiger partial charge in [0.05, 0.1) is 24.0 Å². The SMILES string of the molecule is CCOC(=O)C1CCN(C(=O)C(=O)N(CCN(C)C)C2CCS(=O)(=O)C2)CC1. The number of piperidine rings is 1. The summed E-state index contributed by atoms with van der Waals surface area (Å²) in [4.78, 5) is 42.3. The van der Waals surface area contributed by atoms with Gasteiger partial charge in [0.15, 0.2) is 9.84 Å². The molecule has 0 bridgehead atoms. The van der Waals surface area contributed by atoms with Crippen molar-refractivity contribution in [1.82, 2.24) is 14.7 Å². The molecule has 0 aromatic rings. The molecular formula is C18H31N3O6S. The molecule has 2 fully saturated rings. The monoisotopic (exact) mass is 417 g/mol. The summed E-state index contributed by atoms with van der Waals surface area (Å²) in [7, 11) is 0.545. The molecule has 0 aromatic heterocycles. The third-order valence-electron chi connectivity index (χ3n) is 5.28. The lowest BCUT2D eigenvalue weighted by atomic mass is 9.97. The fourth-order valence-electron chi connectivity index (χ4n) is 3.62. The van der Waals surface area contributed by atoms with Crippen molar-refractivity contribution in [2.75, 3.05) is 58.4 Å². The van der Waals surface area contributed by atoms with Crippen molar-refractivity contribution in [2.24, 2.45) is 5.92 Å². The van der Waals surface area contributed by atoms with E-state index in [2.05, 4.69) is 0 Å². The molecule has 0 N–H and O–H groups in total. The van der Waals surface area contributed by atoms with Crippen molar-refractivity contribution in [3.8, 4) is 0 Å². The molecule has 2 amide bonds. The number of carbonyl (C=O) groups excluding carboxylic acids is 3. The Balaban J connectivity index is 2.01. The number of nitrogens with zero attached hydrogens (tertiary/aromatic N) is 3. The number of ether oxygens (including phenoxy) is 1. The second kappa shape index (κ2) is 9.69. The molecule has 2 rings (SSSR count). The van der Waals surface area contributed by atoms with Crippen molar-refractivity contribution < 1.29 is 27.5 Å². The molecule has 2 aliphatic heterocycles. The van der Waals surface area contributed by atoms with E-state index in [1.54, 1.807) is 6.92 Å². The zero-order chi connectivity index (χ0) is 20.9. The number of sulfone groups is 1. The van der Waals surface area contributed by atoms with Crippen LogP contribution < -0.4 is 0 Å². The molecule has 0 radical (unpaired) electrons. The zero-order valence-electron chi connectivity index (χ0n) is 16.9. The van der Waals surface area contributed by atoms with E-state index in [-0.39, 0.29) is 23.4 Å². The average Bonchev–Trinajstić information content (AvgIpc) is 3.00. The van der Waals surface area contributed by atoms with E-state index in [1.807, 2.05) is 19.0 Å². The predicted octanol–water partition coefficient (Wildman–Crippen LogP) is -0.635. The molecule has 2 aliphatic rings. The van der Waals surface area contributed by atoms with Gasteiger partial charge < -0.3 is 19.4 Å². The maximum atomic E-state index is 12.9. The molecule has 2 saturated heterocycles. The van der Waals surface area contributed by atoms with Gasteiger partial charge in [-0.2, -0.15) is 0 Å². The predicted molar refractivity (Wildman–Crippen MR) is 103 cm³/mol. The fraction of sp³-hybridized carbons (Fsp3) is 0.833. The third-order valence-corrected chi connectivity index (χ3v) is 7.03. The Morgan fingerprint density at radius 2 is 1.71 bits per heavy atom. The van der Waals surface area contributed by atoms with E-state index in [4.69, 9.17) is 4.74 Å². The molecule has 0 aromatic carbocycles. The lowest BCUT2D eigenvalue weighted by molar-refractivity contribution is -0.156. The van der Waals surface area contributed by atoms with Gasteiger partial charge in [0.25, 0.3) is 0 Å². The van der Waals surface area contributed by atoms with Gasteiger partial charge in [-0.05, 0) is 40.3 Å². The van der Waals surface area contributed by atoms with E-state index in [0.29, 0.717) is 52.0 Å². The van der Waals surface area contributed by atoms with Gasteiger partial charge in [0.1, 0.15) is 0 Å². The molecule has 1 atom stereocenters. The Morgan fingerprint density at radius 1 is 1.07 bits per heavy atom. The molecule has 0 aliphatic carbocycles. The number of carbonyl (C=O) groups is 3. The number of likely N-dealkylation sites (N-methyl/N-ethyl adjacent to an activating group) is 1. The van der Waals surface area contributed by atoms with Crippen molar-refractivity contribution in [3.63, 3.8) is 0 Å². The van der Waals surface area contributed by atoms with E-state index < -0.39 is 27.7 Å². The molecule has 9 nitrogen and oxygen atoms in total. The summed E-state index contributed by atoms with van der Waals surface area (Å²) in [6.07, 6.45) is 1.29. The van der Waals surface area contributed by atoms with Gasteiger partial charge in [0, 0.05) is 32.2 Å². The number of esters is 1. The Morgan fingerprint density at radius 3 is 2.21 bits per heavy atom. The van der Waals surface area contributed by atoms with Crippen LogP contribution in [-0.2, 0) is 29.0 Å². The Kier molecular flexibility index (Phi) is 7.82. The topological polar surface area (TPSA) is 104 Å². The standard InChI is InChI=1S/C18H31N3O6S/c1-4-27-18(24)14-5-8-20(9-6-14)16(22)17(23)21(11-10-19(2)3)15-7-12-28(25,26)13-15/h14-15H,4-13H2,1-3H3. The summed E-state index contributed by atoms with van der Waals surface area (Å²) in [5.74, 6) is -1.83. The molecular weight excluding hydrogens is 386 g/mol. The van der Waals surface area contributed by atoms with Crippen LogP contribution in [0.5, 0.6) is 0 Å². The summed E-state index contributed by atoms with van der Waals surface area (Å²) in [6.45, 7) is 3.55. The van der Waals surface area contributed by atoms with E-state index >= 15 is 0 Å². The number of hydrogen-bond acceptors (Lipinski definition) is 7. The quantitative estimate of drug-likeness (QED) is 0.418. The summed E-state index contributed by atoms with van der Waals surface area (Å²) in [5.41, 5.74) is 0. The highest BCUT2D eigenvalue weighted by Crippen LogP contribution is 2.21. The molecule has 0 spiro atoms. The van der Waals surface area contributed by atoms with Crippen LogP contribution in [0, 0.1) is 5.92 Å². The molecule has 1 unspecified atom stereocenters. The van der Waals surface area contributed by atoms with Crippen LogP contribution in [0.15, 0.2) is 0 Å². The van der Waals surface area contributed by atoms with Crippen molar-refractivity contribution in [3.05, 3.63) is 0 Å². The van der Waals surface area contributed by atoms with Crippen LogP contribution in [0.1, 0.15) is 26.2 Å². The highest BCUT2D eigenvalue weighted by Gasteiger charge is 2.39. The second-order valence-electron chi connectivity index (χ2n) is 7.68. The molecule has 160 valence electrons. The van der Waals surface area contributed by atoms with Crippen LogP contribution in [0.4, 0.5) is 0 Å². The first-order chi connectivity index (χ1) is 13.1. The molecule has 10 heteroatoms. The Labute approximate surface area is 166 Å². The third kappa shape index (κ3) is 5.91. The molecule has 0 saturated carbocycles. The summed E-state index contributed by atoms with van der Waals surface area (Å²) in [5, 5.41) is 0. The van der Waals surface area contributed by atoms with Gasteiger partial charge in [-0.3, -0.25) is 14.4 Å². The highest BCUT2D eigenvalue weighted by molar-refractivity contribution is 7.91. The maximum Gasteiger partial charge on any atom is 0.312 e. The first-order valence-corrected chi connectivity index (χ1v) is 11.6. The van der Waals surface area contributed by atoms with Crippen LogP contribution >= 0.6 is 0 Å². The Bertz CT molecular complexity index is 685. The molecule has 2 heterocycles. The fourth-order valence-corrected chi connectivity index (χ4v) is 5.35. The first kappa shape index (κ1) is 22.6. The first-order valence-electron chi connectivity index (χ1n) is 9.76. The second-order valence-corrected chi connectivity index (χ2v) is 9.91. The minimum Gasteiger partial charge on any atom is -0.466 e. The number of rotatable bonds is 6. The van der Waals surface area contributed by atoms with Gasteiger partial charge in [-0.15, -0.1) is 0 Å². The van der Waals surface area contributed by atoms with E-state index in [0.717, 1.165) is 0 Å². The zero-order valence-corrected chi connectivity index (χ0v) is 17.7. The van der Waals surface area contributed by atoms with Gasteiger partial charge in [-0.25, -0.2) is 8.42 Å². The van der Waals surface area contributed by atoms with Crippen molar-refractivity contribution in [1.29, 1.82) is 0 Å². The van der Waals surface area contributed by atoms with Gasteiger partial charge in [0.2, 0.25) is 0 Å². The maximum absolute atomic E-state index is 12.9. The number of likely N-dealkylation sites (tertiary alicyclic amines) is 1. The Hall–Kier alpha value is -1.68. The van der Waals surface area contributed by atoms with Crippen molar-refractivity contribution in [2.45, 2.75) is 32.2 Å². The largest absolute Gasteiger partial charge is 0.466 e. The normalized spacial score (nSPS) is 22.3. The minimum absolute atomic E-state index is 0.0442. The lowest BCUT2D eigenvalue weighted by Crippen LogP contribution is -2.53. The summed E-state index contributed by atoms with van der Waals surface area (Å²) in [6, 6.07) is -0.460. The smallest absolute Gasteiger partial charge is 0.312 e. The highest BCUT2D eigenvalue weighted by atomic mass is 32.2. The van der Waals surface area contributed by atoms with Gasteiger partial charge in [-0.1, -0.05) is 0 Å². The number of hydrogen-bond donors (Lipinski definition) is 0. The molecule has 28 heavy (non-hydrogen) atoms. The van der Waals surface area contributed by atoms with Crippen LogP contribution in [0.2, 0.25) is 0 Å². The van der Waals surface area contributed by atoms with Gasteiger partial charge >= 0.3 is 17.8 Å². The van der Waals surface area contributed by atoms with Crippen LogP contribution in [0.25, 0.3) is 0 Å². The lowest BCUT2D eigenvalue weighted by Gasteiger charge is -2.34. The minimum atomic E-state index is -3.17. The summed E-state index contributed by atoms with van der Waals surface area (Å²) < 4.78 is 28.7. The average molecular weight is 418 g/mol. The van der Waals surface area contributed by atoms with Crippen LogP contribution in [0.3, 0.4) is 0 Å². The van der Waals surface area contributed by atoms with Crippen LogP contribution in [-0.4, -0.2) is 105 Å². The number of amides is 2. The summed E-state index contributed by atoms with van der Waals surface area (Å²) >= 11 is 0. The van der Waals surface area contributed by atoms with E-state index in [1.165, 1.54) is 9.80 Å².